The fraction of sp³-hybridized carbons (Fsp3) is 0.400. The van der Waals surface area contributed by atoms with E-state index in [9.17, 15) is 14.7 Å². The number of ether oxygens (including phenoxy) is 1. The van der Waals surface area contributed by atoms with Gasteiger partial charge in [0, 0.05) is 11.8 Å². The van der Waals surface area contributed by atoms with Crippen LogP contribution in [0.4, 0.5) is 0 Å². The molecule has 7 heteroatoms. The molecule has 1 aliphatic heterocycles. The Morgan fingerprint density at radius 1 is 1.47 bits per heavy atom. The standard InChI is InChI=1S/C10H11N2O4.Na/c1-6-4-12(10(15)11-9(6)14)8-3-2-7(5-13)16-8;/h2-4,7-8H,5H2,1H3,(H,11,14,15);/q-1;+1. The maximum Gasteiger partial charge on any atom is 1.00 e. The SMILES string of the molecule is Cc1cn(C2C=CC(C[O-])O2)c(=O)[nH]c1=O.[Na+]. The number of aromatic nitrogens is 2. The van der Waals surface area contributed by atoms with E-state index in [0.717, 1.165) is 0 Å². The predicted octanol–water partition coefficient (Wildman–Crippen LogP) is -4.34. The molecule has 2 heterocycles. The van der Waals surface area contributed by atoms with Crippen molar-refractivity contribution in [1.29, 1.82) is 0 Å². The Hall–Kier alpha value is -0.660. The normalized spacial score (nSPS) is 22.5. The molecule has 1 aromatic heterocycles. The van der Waals surface area contributed by atoms with Crippen LogP contribution < -0.4 is 45.9 Å². The van der Waals surface area contributed by atoms with Crippen LogP contribution in [0.3, 0.4) is 0 Å². The molecule has 1 aliphatic rings. The van der Waals surface area contributed by atoms with Crippen molar-refractivity contribution < 1.29 is 39.4 Å². The van der Waals surface area contributed by atoms with Crippen molar-refractivity contribution in [3.63, 3.8) is 0 Å². The molecular formula is C10H11N2NaO4. The summed E-state index contributed by atoms with van der Waals surface area (Å²) < 4.78 is 6.54. The van der Waals surface area contributed by atoms with Crippen LogP contribution in [0.2, 0.25) is 0 Å². The van der Waals surface area contributed by atoms with E-state index in [1.165, 1.54) is 10.8 Å². The van der Waals surface area contributed by atoms with Crippen molar-refractivity contribution >= 4 is 0 Å². The summed E-state index contributed by atoms with van der Waals surface area (Å²) in [5, 5.41) is 10.6. The molecular weight excluding hydrogens is 235 g/mol. The van der Waals surface area contributed by atoms with Gasteiger partial charge < -0.3 is 9.84 Å². The third-order valence-electron chi connectivity index (χ3n) is 2.39. The summed E-state index contributed by atoms with van der Waals surface area (Å²) >= 11 is 0. The Morgan fingerprint density at radius 3 is 2.76 bits per heavy atom. The maximum absolute atomic E-state index is 11.5. The second-order valence-corrected chi connectivity index (χ2v) is 3.60. The average molecular weight is 246 g/mol. The quantitative estimate of drug-likeness (QED) is 0.422. The number of rotatable bonds is 2. The number of hydrogen-bond acceptors (Lipinski definition) is 4. The summed E-state index contributed by atoms with van der Waals surface area (Å²) in [6.07, 6.45) is 3.54. The molecule has 0 amide bonds. The molecule has 2 unspecified atom stereocenters. The van der Waals surface area contributed by atoms with Gasteiger partial charge >= 0.3 is 35.2 Å². The van der Waals surface area contributed by atoms with E-state index in [1.54, 1.807) is 19.1 Å². The Morgan fingerprint density at radius 2 is 2.18 bits per heavy atom. The van der Waals surface area contributed by atoms with Gasteiger partial charge in [-0.2, -0.15) is 0 Å². The van der Waals surface area contributed by atoms with Gasteiger partial charge in [0.2, 0.25) is 0 Å². The molecule has 1 N–H and O–H groups in total. The van der Waals surface area contributed by atoms with E-state index >= 15 is 0 Å². The van der Waals surface area contributed by atoms with Gasteiger partial charge in [-0.05, 0) is 13.0 Å². The van der Waals surface area contributed by atoms with E-state index in [-0.39, 0.29) is 36.2 Å². The molecule has 0 saturated heterocycles. The molecule has 86 valence electrons. The Labute approximate surface area is 119 Å². The molecule has 1 aromatic rings. The van der Waals surface area contributed by atoms with Gasteiger partial charge in [-0.25, -0.2) is 4.79 Å². The summed E-state index contributed by atoms with van der Waals surface area (Å²) in [5.41, 5.74) is -0.539. The first-order valence-corrected chi connectivity index (χ1v) is 4.86. The van der Waals surface area contributed by atoms with Crippen LogP contribution in [0.15, 0.2) is 27.9 Å². The summed E-state index contributed by atoms with van der Waals surface area (Å²) in [6.45, 7) is 1.21. The summed E-state index contributed by atoms with van der Waals surface area (Å²) in [7, 11) is 0. The van der Waals surface area contributed by atoms with Crippen LogP contribution in [0.25, 0.3) is 0 Å². The zero-order chi connectivity index (χ0) is 11.7. The monoisotopic (exact) mass is 246 g/mol. The van der Waals surface area contributed by atoms with E-state index in [1.807, 2.05) is 0 Å². The molecule has 0 saturated carbocycles. The second-order valence-electron chi connectivity index (χ2n) is 3.60. The van der Waals surface area contributed by atoms with Crippen molar-refractivity contribution in [2.45, 2.75) is 19.3 Å². The van der Waals surface area contributed by atoms with Gasteiger partial charge in [0.25, 0.3) is 5.56 Å². The predicted molar refractivity (Wildman–Crippen MR) is 54.0 cm³/mol. The van der Waals surface area contributed by atoms with Crippen LogP contribution in [0, 0.1) is 6.92 Å². The number of nitrogens with zero attached hydrogens (tertiary/aromatic N) is 1. The molecule has 0 aliphatic carbocycles. The first-order valence-electron chi connectivity index (χ1n) is 4.86. The van der Waals surface area contributed by atoms with Crippen LogP contribution >= 0.6 is 0 Å². The maximum atomic E-state index is 11.5. The Kier molecular flexibility index (Phi) is 4.91. The zero-order valence-corrected chi connectivity index (χ0v) is 11.7. The van der Waals surface area contributed by atoms with E-state index in [2.05, 4.69) is 4.98 Å². The minimum atomic E-state index is -0.609. The Balaban J connectivity index is 0.00000144. The van der Waals surface area contributed by atoms with Crippen LogP contribution in [-0.2, 0) is 4.74 Å². The van der Waals surface area contributed by atoms with Gasteiger partial charge in [-0.1, -0.05) is 6.08 Å². The van der Waals surface area contributed by atoms with Gasteiger partial charge in [0.1, 0.15) is 0 Å². The van der Waals surface area contributed by atoms with Gasteiger partial charge in [0.15, 0.2) is 6.23 Å². The van der Waals surface area contributed by atoms with Gasteiger partial charge in [-0.15, -0.1) is 6.61 Å². The number of hydrogen-bond donors (Lipinski definition) is 1. The van der Waals surface area contributed by atoms with Crippen molar-refractivity contribution in [1.82, 2.24) is 9.55 Å². The third kappa shape index (κ3) is 2.97. The van der Waals surface area contributed by atoms with Crippen LogP contribution in [0.5, 0.6) is 0 Å². The van der Waals surface area contributed by atoms with Crippen molar-refractivity contribution in [2.75, 3.05) is 6.61 Å². The Bertz CT molecular complexity index is 534. The van der Waals surface area contributed by atoms with E-state index in [4.69, 9.17) is 4.74 Å². The topological polar surface area (TPSA) is 87.2 Å². The average Bonchev–Trinajstić information content (AvgIpc) is 2.71. The number of nitrogens with one attached hydrogen (secondary N) is 1. The summed E-state index contributed by atoms with van der Waals surface area (Å²) in [4.78, 5) is 24.8. The number of aryl methyl sites for hydroxylation is 1. The zero-order valence-electron chi connectivity index (χ0n) is 9.67. The van der Waals surface area contributed by atoms with Crippen molar-refractivity contribution in [3.05, 3.63) is 44.8 Å². The molecule has 0 radical (unpaired) electrons. The molecule has 0 bridgehead atoms. The summed E-state index contributed by atoms with van der Waals surface area (Å²) in [6, 6.07) is 0. The van der Waals surface area contributed by atoms with E-state index in [0.29, 0.717) is 5.56 Å². The molecule has 2 atom stereocenters. The fourth-order valence-electron chi connectivity index (χ4n) is 1.52. The summed E-state index contributed by atoms with van der Waals surface area (Å²) in [5.74, 6) is 0. The van der Waals surface area contributed by atoms with Gasteiger partial charge in [-0.3, -0.25) is 14.3 Å². The number of aromatic amines is 1. The second kappa shape index (κ2) is 5.79. The molecule has 6 nitrogen and oxygen atoms in total. The first-order chi connectivity index (χ1) is 7.61. The minimum Gasteiger partial charge on any atom is -0.852 e. The first kappa shape index (κ1) is 14.4. The van der Waals surface area contributed by atoms with Crippen LogP contribution in [0.1, 0.15) is 11.8 Å². The molecule has 0 aromatic carbocycles. The fourth-order valence-corrected chi connectivity index (χ4v) is 1.52. The van der Waals surface area contributed by atoms with Crippen molar-refractivity contribution in [3.8, 4) is 0 Å². The molecule has 0 spiro atoms. The molecule has 2 rings (SSSR count). The van der Waals surface area contributed by atoms with E-state index < -0.39 is 23.6 Å². The molecule has 0 fully saturated rings. The third-order valence-corrected chi connectivity index (χ3v) is 2.39. The minimum absolute atomic E-state index is 0. The largest absolute Gasteiger partial charge is 1.00 e. The number of H-pyrrole nitrogens is 1. The smallest absolute Gasteiger partial charge is 0.852 e. The molecule has 17 heavy (non-hydrogen) atoms. The van der Waals surface area contributed by atoms with Crippen LogP contribution in [-0.4, -0.2) is 22.3 Å². The van der Waals surface area contributed by atoms with Crippen molar-refractivity contribution in [2.24, 2.45) is 0 Å². The van der Waals surface area contributed by atoms with Gasteiger partial charge in [0.05, 0.1) is 6.10 Å².